The standard InChI is InChI=1S/C13H20BNO2/c1-12(2)13(3,4)17-14(16-12)10-7-8-15(9-10)11-5-6-11/h7-9,11H,5-6H2,1-4H3. The minimum Gasteiger partial charge on any atom is -0.399 e. The SMILES string of the molecule is CC1(C)OB(c2ccn(C3CC3)c2)OC1(C)C. The fourth-order valence-electron chi connectivity index (χ4n) is 2.15. The van der Waals surface area contributed by atoms with Crippen molar-refractivity contribution < 1.29 is 9.31 Å². The summed E-state index contributed by atoms with van der Waals surface area (Å²) in [6.07, 6.45) is 6.91. The van der Waals surface area contributed by atoms with E-state index in [0.717, 1.165) is 5.46 Å². The van der Waals surface area contributed by atoms with Crippen LogP contribution in [0.2, 0.25) is 0 Å². The summed E-state index contributed by atoms with van der Waals surface area (Å²) in [4.78, 5) is 0. The minimum atomic E-state index is -0.251. The van der Waals surface area contributed by atoms with Gasteiger partial charge in [-0.25, -0.2) is 0 Å². The molecule has 0 bridgehead atoms. The van der Waals surface area contributed by atoms with Crippen molar-refractivity contribution in [2.45, 2.75) is 57.8 Å². The Hall–Kier alpha value is -0.735. The Morgan fingerprint density at radius 3 is 2.29 bits per heavy atom. The molecule has 0 atom stereocenters. The van der Waals surface area contributed by atoms with Crippen molar-refractivity contribution in [3.05, 3.63) is 18.5 Å². The summed E-state index contributed by atoms with van der Waals surface area (Å²) in [7, 11) is -0.222. The Labute approximate surface area is 103 Å². The van der Waals surface area contributed by atoms with E-state index in [9.17, 15) is 0 Å². The average Bonchev–Trinajstić information content (AvgIpc) is 2.89. The fourth-order valence-corrected chi connectivity index (χ4v) is 2.15. The molecule has 1 saturated carbocycles. The van der Waals surface area contributed by atoms with Gasteiger partial charge in [-0.05, 0) is 46.6 Å². The van der Waals surface area contributed by atoms with Crippen LogP contribution in [-0.2, 0) is 9.31 Å². The van der Waals surface area contributed by atoms with Crippen molar-refractivity contribution in [1.29, 1.82) is 0 Å². The lowest BCUT2D eigenvalue weighted by Crippen LogP contribution is -2.41. The largest absolute Gasteiger partial charge is 0.496 e. The molecule has 2 heterocycles. The first-order valence-electron chi connectivity index (χ1n) is 6.42. The number of rotatable bonds is 2. The average molecular weight is 233 g/mol. The third-order valence-electron chi connectivity index (χ3n) is 4.23. The maximum absolute atomic E-state index is 6.03. The van der Waals surface area contributed by atoms with E-state index in [2.05, 4.69) is 50.7 Å². The van der Waals surface area contributed by atoms with E-state index in [0.29, 0.717) is 6.04 Å². The fraction of sp³-hybridized carbons (Fsp3) is 0.692. The molecule has 2 fully saturated rings. The van der Waals surface area contributed by atoms with E-state index in [-0.39, 0.29) is 18.3 Å². The van der Waals surface area contributed by atoms with E-state index < -0.39 is 0 Å². The Kier molecular flexibility index (Phi) is 2.27. The summed E-state index contributed by atoms with van der Waals surface area (Å²) in [5.74, 6) is 0. The molecule has 1 aliphatic carbocycles. The summed E-state index contributed by atoms with van der Waals surface area (Å²) in [5.41, 5.74) is 0.633. The van der Waals surface area contributed by atoms with Gasteiger partial charge in [0.2, 0.25) is 0 Å². The second-order valence-electron chi connectivity index (χ2n) is 6.21. The Balaban J connectivity index is 1.81. The molecule has 0 aromatic carbocycles. The summed E-state index contributed by atoms with van der Waals surface area (Å²) in [5, 5.41) is 0. The molecule has 3 rings (SSSR count). The van der Waals surface area contributed by atoms with Crippen molar-refractivity contribution >= 4 is 12.6 Å². The molecule has 1 saturated heterocycles. The van der Waals surface area contributed by atoms with E-state index >= 15 is 0 Å². The van der Waals surface area contributed by atoms with Gasteiger partial charge in [-0.3, -0.25) is 0 Å². The zero-order valence-electron chi connectivity index (χ0n) is 11.1. The van der Waals surface area contributed by atoms with Crippen LogP contribution < -0.4 is 5.46 Å². The van der Waals surface area contributed by atoms with Crippen LogP contribution in [0.4, 0.5) is 0 Å². The summed E-state index contributed by atoms with van der Waals surface area (Å²) in [6, 6.07) is 2.83. The van der Waals surface area contributed by atoms with Crippen molar-refractivity contribution in [1.82, 2.24) is 4.57 Å². The lowest BCUT2D eigenvalue weighted by atomic mass is 9.81. The van der Waals surface area contributed by atoms with Crippen molar-refractivity contribution in [3.8, 4) is 0 Å². The molecular formula is C13H20BNO2. The van der Waals surface area contributed by atoms with Crippen LogP contribution >= 0.6 is 0 Å². The number of aromatic nitrogens is 1. The van der Waals surface area contributed by atoms with Gasteiger partial charge in [0.25, 0.3) is 0 Å². The Bertz CT molecular complexity index is 418. The normalized spacial score (nSPS) is 26.5. The van der Waals surface area contributed by atoms with Crippen molar-refractivity contribution in [2.75, 3.05) is 0 Å². The molecular weight excluding hydrogens is 213 g/mol. The first kappa shape index (κ1) is 11.4. The summed E-state index contributed by atoms with van der Waals surface area (Å²) >= 11 is 0. The van der Waals surface area contributed by atoms with E-state index in [1.54, 1.807) is 0 Å². The molecule has 0 N–H and O–H groups in total. The highest BCUT2D eigenvalue weighted by molar-refractivity contribution is 6.62. The van der Waals surface area contributed by atoms with E-state index in [1.807, 2.05) is 0 Å². The van der Waals surface area contributed by atoms with Gasteiger partial charge in [-0.2, -0.15) is 0 Å². The molecule has 2 aliphatic rings. The zero-order chi connectivity index (χ0) is 12.3. The summed E-state index contributed by atoms with van der Waals surface area (Å²) < 4.78 is 14.3. The van der Waals surface area contributed by atoms with Crippen LogP contribution in [0.15, 0.2) is 18.5 Å². The van der Waals surface area contributed by atoms with Gasteiger partial charge in [0.1, 0.15) is 0 Å². The Morgan fingerprint density at radius 1 is 1.18 bits per heavy atom. The van der Waals surface area contributed by atoms with E-state index in [1.165, 1.54) is 12.8 Å². The van der Waals surface area contributed by atoms with Gasteiger partial charge in [0, 0.05) is 23.9 Å². The quantitative estimate of drug-likeness (QED) is 0.730. The monoisotopic (exact) mass is 233 g/mol. The van der Waals surface area contributed by atoms with Crippen LogP contribution in [0.25, 0.3) is 0 Å². The number of hydrogen-bond donors (Lipinski definition) is 0. The number of nitrogens with zero attached hydrogens (tertiary/aromatic N) is 1. The van der Waals surface area contributed by atoms with Gasteiger partial charge in [-0.1, -0.05) is 0 Å². The van der Waals surface area contributed by atoms with Crippen LogP contribution in [0.3, 0.4) is 0 Å². The van der Waals surface area contributed by atoms with Gasteiger partial charge in [-0.15, -0.1) is 0 Å². The molecule has 0 amide bonds. The molecule has 1 aromatic heterocycles. The van der Waals surface area contributed by atoms with Gasteiger partial charge >= 0.3 is 7.12 Å². The van der Waals surface area contributed by atoms with E-state index in [4.69, 9.17) is 9.31 Å². The predicted molar refractivity (Wildman–Crippen MR) is 68.4 cm³/mol. The maximum atomic E-state index is 6.03. The highest BCUT2D eigenvalue weighted by Crippen LogP contribution is 2.37. The zero-order valence-corrected chi connectivity index (χ0v) is 11.1. The molecule has 1 aromatic rings. The molecule has 4 heteroatoms. The highest BCUT2D eigenvalue weighted by Gasteiger charge is 2.52. The molecule has 3 nitrogen and oxygen atoms in total. The van der Waals surface area contributed by atoms with Gasteiger partial charge in [0.05, 0.1) is 11.2 Å². The first-order chi connectivity index (χ1) is 7.89. The maximum Gasteiger partial charge on any atom is 0.496 e. The Morgan fingerprint density at radius 2 is 1.76 bits per heavy atom. The highest BCUT2D eigenvalue weighted by atomic mass is 16.7. The van der Waals surface area contributed by atoms with Crippen LogP contribution in [0, 0.1) is 0 Å². The van der Waals surface area contributed by atoms with Crippen LogP contribution in [0.5, 0.6) is 0 Å². The molecule has 17 heavy (non-hydrogen) atoms. The minimum absolute atomic E-state index is 0.222. The topological polar surface area (TPSA) is 23.4 Å². The van der Waals surface area contributed by atoms with Crippen molar-refractivity contribution in [2.24, 2.45) is 0 Å². The first-order valence-corrected chi connectivity index (χ1v) is 6.42. The predicted octanol–water partition coefficient (Wildman–Crippen LogP) is 2.12. The molecule has 1 aliphatic heterocycles. The smallest absolute Gasteiger partial charge is 0.399 e. The molecule has 92 valence electrons. The molecule has 0 spiro atoms. The lowest BCUT2D eigenvalue weighted by Gasteiger charge is -2.32. The summed E-state index contributed by atoms with van der Waals surface area (Å²) in [6.45, 7) is 8.35. The van der Waals surface area contributed by atoms with Crippen molar-refractivity contribution in [3.63, 3.8) is 0 Å². The van der Waals surface area contributed by atoms with Gasteiger partial charge < -0.3 is 13.9 Å². The number of hydrogen-bond acceptors (Lipinski definition) is 2. The third kappa shape index (κ3) is 1.83. The molecule has 0 unspecified atom stereocenters. The van der Waals surface area contributed by atoms with Crippen LogP contribution in [-0.4, -0.2) is 22.9 Å². The van der Waals surface area contributed by atoms with Crippen LogP contribution in [0.1, 0.15) is 46.6 Å². The van der Waals surface area contributed by atoms with Gasteiger partial charge in [0.15, 0.2) is 0 Å². The molecule has 0 radical (unpaired) electrons. The third-order valence-corrected chi connectivity index (χ3v) is 4.23. The second kappa shape index (κ2) is 3.39. The lowest BCUT2D eigenvalue weighted by molar-refractivity contribution is 0.00578. The second-order valence-corrected chi connectivity index (χ2v) is 6.21.